The molecule has 2 aliphatic carbocycles. The number of carbonyl (C=O) groups excluding carboxylic acids is 1. The van der Waals surface area contributed by atoms with E-state index < -0.39 is 0 Å². The predicted molar refractivity (Wildman–Crippen MR) is 91.5 cm³/mol. The number of aryl methyl sites for hydroxylation is 1. The summed E-state index contributed by atoms with van der Waals surface area (Å²) in [6.45, 7) is 0.466. The summed E-state index contributed by atoms with van der Waals surface area (Å²) >= 11 is 0. The van der Waals surface area contributed by atoms with Gasteiger partial charge in [-0.15, -0.1) is 10.2 Å². The Bertz CT molecular complexity index is 718. The minimum absolute atomic E-state index is 0.0211. The van der Waals surface area contributed by atoms with Crippen LogP contribution >= 0.6 is 0 Å². The molecule has 1 saturated carbocycles. The summed E-state index contributed by atoms with van der Waals surface area (Å²) in [6, 6.07) is 8.77. The van der Waals surface area contributed by atoms with E-state index >= 15 is 0 Å². The molecule has 0 radical (unpaired) electrons. The van der Waals surface area contributed by atoms with Crippen LogP contribution in [-0.4, -0.2) is 20.7 Å². The highest BCUT2D eigenvalue weighted by atomic mass is 16.1. The molecule has 2 aliphatic rings. The lowest BCUT2D eigenvalue weighted by Crippen LogP contribution is -2.29. The van der Waals surface area contributed by atoms with Gasteiger partial charge in [-0.2, -0.15) is 0 Å². The largest absolute Gasteiger partial charge is 0.348 e. The van der Waals surface area contributed by atoms with Crippen molar-refractivity contribution in [3.63, 3.8) is 0 Å². The molecule has 0 aliphatic heterocycles. The van der Waals surface area contributed by atoms with Gasteiger partial charge in [0.05, 0.1) is 12.5 Å². The van der Waals surface area contributed by atoms with E-state index in [0.717, 1.165) is 18.7 Å². The SMILES string of the molecule is O=C(NCc1nncn1C1CCCCC1)C1CCc2ccccc21. The normalized spacial score (nSPS) is 20.8. The smallest absolute Gasteiger partial charge is 0.227 e. The number of hydrogen-bond donors (Lipinski definition) is 1. The zero-order chi connectivity index (χ0) is 16.4. The van der Waals surface area contributed by atoms with Gasteiger partial charge >= 0.3 is 0 Å². The maximum atomic E-state index is 12.6. The zero-order valence-corrected chi connectivity index (χ0v) is 13.9. The van der Waals surface area contributed by atoms with Crippen LogP contribution in [-0.2, 0) is 17.8 Å². The zero-order valence-electron chi connectivity index (χ0n) is 13.9. The van der Waals surface area contributed by atoms with Gasteiger partial charge in [0, 0.05) is 6.04 Å². The third-order valence-electron chi connectivity index (χ3n) is 5.49. The molecule has 1 amide bonds. The summed E-state index contributed by atoms with van der Waals surface area (Å²) < 4.78 is 2.17. The number of fused-ring (bicyclic) bond motifs is 1. The number of aromatic nitrogens is 3. The molecule has 24 heavy (non-hydrogen) atoms. The number of hydrogen-bond acceptors (Lipinski definition) is 3. The molecule has 0 spiro atoms. The summed E-state index contributed by atoms with van der Waals surface area (Å²) in [5.41, 5.74) is 2.49. The van der Waals surface area contributed by atoms with Gasteiger partial charge in [-0.1, -0.05) is 43.5 Å². The Balaban J connectivity index is 1.41. The Kier molecular flexibility index (Phi) is 4.32. The predicted octanol–water partition coefficient (Wildman–Crippen LogP) is 3.13. The summed E-state index contributed by atoms with van der Waals surface area (Å²) in [5.74, 6) is 0.965. The fraction of sp³-hybridized carbons (Fsp3) is 0.526. The molecule has 0 bridgehead atoms. The molecule has 1 aromatic carbocycles. The van der Waals surface area contributed by atoms with Crippen molar-refractivity contribution >= 4 is 5.91 Å². The quantitative estimate of drug-likeness (QED) is 0.940. The highest BCUT2D eigenvalue weighted by Gasteiger charge is 2.28. The second-order valence-corrected chi connectivity index (χ2v) is 6.95. The maximum absolute atomic E-state index is 12.6. The van der Waals surface area contributed by atoms with Gasteiger partial charge in [-0.05, 0) is 36.8 Å². The first kappa shape index (κ1) is 15.4. The molecular weight excluding hydrogens is 300 g/mol. The first-order chi connectivity index (χ1) is 11.8. The monoisotopic (exact) mass is 324 g/mol. The second-order valence-electron chi connectivity index (χ2n) is 6.95. The average Bonchev–Trinajstić information content (AvgIpc) is 3.27. The van der Waals surface area contributed by atoms with Crippen molar-refractivity contribution in [2.45, 2.75) is 63.5 Å². The molecule has 126 valence electrons. The van der Waals surface area contributed by atoms with Crippen LogP contribution in [0.5, 0.6) is 0 Å². The van der Waals surface area contributed by atoms with Gasteiger partial charge in [0.2, 0.25) is 5.91 Å². The standard InChI is InChI=1S/C19H24N4O/c24-19(17-11-10-14-6-4-5-9-16(14)17)20-12-18-22-21-13-23(18)15-7-2-1-3-8-15/h4-6,9,13,15,17H,1-3,7-8,10-12H2,(H,20,24). The van der Waals surface area contributed by atoms with Crippen LogP contribution in [0.4, 0.5) is 0 Å². The molecule has 4 rings (SSSR count). The van der Waals surface area contributed by atoms with Gasteiger partial charge < -0.3 is 9.88 Å². The van der Waals surface area contributed by atoms with Crippen molar-refractivity contribution < 1.29 is 4.79 Å². The molecule has 1 unspecified atom stereocenters. The molecule has 5 nitrogen and oxygen atoms in total. The van der Waals surface area contributed by atoms with Crippen molar-refractivity contribution in [1.82, 2.24) is 20.1 Å². The van der Waals surface area contributed by atoms with Crippen LogP contribution in [0.2, 0.25) is 0 Å². The number of carbonyl (C=O) groups is 1. The van der Waals surface area contributed by atoms with Gasteiger partial charge in [0.15, 0.2) is 5.82 Å². The Morgan fingerprint density at radius 1 is 1.17 bits per heavy atom. The first-order valence-corrected chi connectivity index (χ1v) is 9.07. The molecule has 2 aromatic rings. The molecule has 1 atom stereocenters. The van der Waals surface area contributed by atoms with Gasteiger partial charge in [-0.25, -0.2) is 0 Å². The number of nitrogens with zero attached hydrogens (tertiary/aromatic N) is 3. The number of amides is 1. The summed E-state index contributed by atoms with van der Waals surface area (Å²) in [5, 5.41) is 11.4. The Hall–Kier alpha value is -2.17. The van der Waals surface area contributed by atoms with Crippen molar-refractivity contribution in [1.29, 1.82) is 0 Å². The molecular formula is C19H24N4O. The third kappa shape index (κ3) is 2.95. The van der Waals surface area contributed by atoms with E-state index in [2.05, 4.69) is 32.2 Å². The van der Waals surface area contributed by atoms with Crippen molar-refractivity contribution in [2.75, 3.05) is 0 Å². The first-order valence-electron chi connectivity index (χ1n) is 9.07. The fourth-order valence-electron chi connectivity index (χ4n) is 4.18. The lowest BCUT2D eigenvalue weighted by molar-refractivity contribution is -0.122. The summed E-state index contributed by atoms with van der Waals surface area (Å²) in [7, 11) is 0. The minimum Gasteiger partial charge on any atom is -0.348 e. The van der Waals surface area contributed by atoms with Crippen LogP contribution < -0.4 is 5.32 Å². The minimum atomic E-state index is -0.0211. The second kappa shape index (κ2) is 6.75. The molecule has 1 fully saturated rings. The van der Waals surface area contributed by atoms with E-state index in [0.29, 0.717) is 12.6 Å². The van der Waals surface area contributed by atoms with Gasteiger partial charge in [0.1, 0.15) is 6.33 Å². The van der Waals surface area contributed by atoms with Crippen LogP contribution in [0.1, 0.15) is 67.4 Å². The lowest BCUT2D eigenvalue weighted by atomic mass is 9.95. The lowest BCUT2D eigenvalue weighted by Gasteiger charge is -2.24. The topological polar surface area (TPSA) is 59.8 Å². The van der Waals surface area contributed by atoms with Crippen LogP contribution in [0, 0.1) is 0 Å². The fourth-order valence-corrected chi connectivity index (χ4v) is 4.18. The van der Waals surface area contributed by atoms with E-state index in [9.17, 15) is 4.79 Å². The van der Waals surface area contributed by atoms with E-state index in [4.69, 9.17) is 0 Å². The summed E-state index contributed by atoms with van der Waals surface area (Å²) in [4.78, 5) is 12.6. The molecule has 1 heterocycles. The molecule has 0 saturated heterocycles. The Labute approximate surface area is 142 Å². The number of benzene rings is 1. The molecule has 5 heteroatoms. The number of rotatable bonds is 4. The maximum Gasteiger partial charge on any atom is 0.227 e. The molecule has 1 aromatic heterocycles. The van der Waals surface area contributed by atoms with Crippen molar-refractivity contribution in [3.05, 3.63) is 47.5 Å². The third-order valence-corrected chi connectivity index (χ3v) is 5.49. The van der Waals surface area contributed by atoms with E-state index in [1.807, 2.05) is 18.5 Å². The number of nitrogens with one attached hydrogen (secondary N) is 1. The van der Waals surface area contributed by atoms with E-state index in [-0.39, 0.29) is 11.8 Å². The van der Waals surface area contributed by atoms with Crippen molar-refractivity contribution in [3.8, 4) is 0 Å². The Morgan fingerprint density at radius 2 is 2.00 bits per heavy atom. The Morgan fingerprint density at radius 3 is 2.88 bits per heavy atom. The van der Waals surface area contributed by atoms with E-state index in [1.165, 1.54) is 43.2 Å². The van der Waals surface area contributed by atoms with Crippen molar-refractivity contribution in [2.24, 2.45) is 0 Å². The summed E-state index contributed by atoms with van der Waals surface area (Å²) in [6.07, 6.45) is 9.96. The van der Waals surface area contributed by atoms with Gasteiger partial charge in [-0.3, -0.25) is 4.79 Å². The highest BCUT2D eigenvalue weighted by molar-refractivity contribution is 5.84. The van der Waals surface area contributed by atoms with E-state index in [1.54, 1.807) is 0 Å². The average molecular weight is 324 g/mol. The van der Waals surface area contributed by atoms with Crippen LogP contribution in [0.25, 0.3) is 0 Å². The van der Waals surface area contributed by atoms with Crippen LogP contribution in [0.3, 0.4) is 0 Å². The molecule has 1 N–H and O–H groups in total. The van der Waals surface area contributed by atoms with Crippen LogP contribution in [0.15, 0.2) is 30.6 Å². The van der Waals surface area contributed by atoms with Gasteiger partial charge in [0.25, 0.3) is 0 Å². The highest BCUT2D eigenvalue weighted by Crippen LogP contribution is 2.33.